The lowest BCUT2D eigenvalue weighted by atomic mass is 9.93. The van der Waals surface area contributed by atoms with E-state index >= 15 is 0 Å². The number of nitrogens with zero attached hydrogens (tertiary/aromatic N) is 2. The van der Waals surface area contributed by atoms with E-state index in [1.54, 1.807) is 11.3 Å². The van der Waals surface area contributed by atoms with Crippen LogP contribution in [0.3, 0.4) is 0 Å². The van der Waals surface area contributed by atoms with Crippen LogP contribution in [0.4, 0.5) is 0 Å². The molecule has 1 atom stereocenters. The largest absolute Gasteiger partial charge is 0.384 e. The van der Waals surface area contributed by atoms with Gasteiger partial charge in [-0.3, -0.25) is 4.90 Å². The van der Waals surface area contributed by atoms with Gasteiger partial charge in [-0.05, 0) is 18.9 Å². The number of aromatic nitrogens is 1. The molecule has 0 saturated carbocycles. The van der Waals surface area contributed by atoms with E-state index in [1.165, 1.54) is 0 Å². The van der Waals surface area contributed by atoms with E-state index in [4.69, 9.17) is 0 Å². The van der Waals surface area contributed by atoms with Crippen LogP contribution in [0.25, 0.3) is 0 Å². The van der Waals surface area contributed by atoms with Crippen molar-refractivity contribution in [2.45, 2.75) is 25.5 Å². The zero-order valence-corrected chi connectivity index (χ0v) is 11.9. The van der Waals surface area contributed by atoms with E-state index < -0.39 is 5.60 Å². The minimum absolute atomic E-state index is 0.690. The number of hydrogen-bond acceptors (Lipinski definition) is 4. The summed E-state index contributed by atoms with van der Waals surface area (Å²) in [6.07, 6.45) is 0.793. The van der Waals surface area contributed by atoms with Crippen LogP contribution in [-0.2, 0) is 12.1 Å². The topological polar surface area (TPSA) is 36.4 Å². The molecule has 4 heteroatoms. The number of rotatable bonds is 3. The number of benzene rings is 1. The summed E-state index contributed by atoms with van der Waals surface area (Å²) in [6, 6.07) is 9.98. The Morgan fingerprint density at radius 3 is 2.84 bits per heavy atom. The Kier molecular flexibility index (Phi) is 3.39. The number of likely N-dealkylation sites (tertiary alicyclic amines) is 1. The van der Waals surface area contributed by atoms with Crippen molar-refractivity contribution < 1.29 is 5.11 Å². The molecule has 1 aliphatic heterocycles. The fourth-order valence-electron chi connectivity index (χ4n) is 2.66. The minimum Gasteiger partial charge on any atom is -0.384 e. The van der Waals surface area contributed by atoms with E-state index in [0.29, 0.717) is 6.54 Å². The molecule has 2 aromatic rings. The lowest BCUT2D eigenvalue weighted by molar-refractivity contribution is 0.0453. The molecule has 19 heavy (non-hydrogen) atoms. The molecule has 2 heterocycles. The van der Waals surface area contributed by atoms with Crippen molar-refractivity contribution >= 4 is 11.3 Å². The van der Waals surface area contributed by atoms with Crippen LogP contribution < -0.4 is 0 Å². The van der Waals surface area contributed by atoms with E-state index in [-0.39, 0.29) is 0 Å². The van der Waals surface area contributed by atoms with Gasteiger partial charge in [0.1, 0.15) is 10.6 Å². The highest BCUT2D eigenvalue weighted by molar-refractivity contribution is 7.09. The summed E-state index contributed by atoms with van der Waals surface area (Å²) in [5.74, 6) is 0. The summed E-state index contributed by atoms with van der Waals surface area (Å²) in [5.41, 5.74) is 1.40. The lowest BCUT2D eigenvalue weighted by Crippen LogP contribution is -2.30. The molecule has 0 bridgehead atoms. The van der Waals surface area contributed by atoms with Gasteiger partial charge in [-0.2, -0.15) is 0 Å². The molecule has 100 valence electrons. The molecule has 3 rings (SSSR count). The first kappa shape index (κ1) is 12.8. The van der Waals surface area contributed by atoms with Crippen LogP contribution in [0.2, 0.25) is 0 Å². The van der Waals surface area contributed by atoms with Crippen LogP contribution in [0.15, 0.2) is 35.7 Å². The molecule has 3 nitrogen and oxygen atoms in total. The molecule has 0 amide bonds. The first-order valence-corrected chi connectivity index (χ1v) is 7.45. The molecule has 1 aromatic heterocycles. The summed E-state index contributed by atoms with van der Waals surface area (Å²) < 4.78 is 0. The third-order valence-corrected chi connectivity index (χ3v) is 4.61. The second-order valence-electron chi connectivity index (χ2n) is 5.24. The monoisotopic (exact) mass is 274 g/mol. The fraction of sp³-hybridized carbons (Fsp3) is 0.400. The molecule has 1 unspecified atom stereocenters. The molecule has 1 aliphatic rings. The van der Waals surface area contributed by atoms with Crippen LogP contribution in [0, 0.1) is 6.92 Å². The van der Waals surface area contributed by atoms with Crippen molar-refractivity contribution in [3.63, 3.8) is 0 Å². The number of aryl methyl sites for hydroxylation is 1. The molecule has 0 spiro atoms. The van der Waals surface area contributed by atoms with Crippen LogP contribution in [0.1, 0.15) is 22.7 Å². The third kappa shape index (κ3) is 2.71. The Labute approximate surface area is 117 Å². The lowest BCUT2D eigenvalue weighted by Gasteiger charge is -2.23. The van der Waals surface area contributed by atoms with E-state index in [2.05, 4.69) is 15.3 Å². The van der Waals surface area contributed by atoms with Gasteiger partial charge in [0.2, 0.25) is 0 Å². The van der Waals surface area contributed by atoms with Crippen molar-refractivity contribution in [2.75, 3.05) is 13.1 Å². The van der Waals surface area contributed by atoms with E-state index in [9.17, 15) is 5.11 Å². The van der Waals surface area contributed by atoms with Crippen LogP contribution in [0.5, 0.6) is 0 Å². The third-order valence-electron chi connectivity index (χ3n) is 3.66. The summed E-state index contributed by atoms with van der Waals surface area (Å²) >= 11 is 1.70. The fourth-order valence-corrected chi connectivity index (χ4v) is 3.47. The van der Waals surface area contributed by atoms with Crippen molar-refractivity contribution in [3.8, 4) is 0 Å². The zero-order valence-electron chi connectivity index (χ0n) is 11.0. The first-order chi connectivity index (χ1) is 9.16. The Bertz CT molecular complexity index is 554. The Morgan fingerprint density at radius 1 is 1.37 bits per heavy atom. The van der Waals surface area contributed by atoms with Gasteiger partial charge in [0.15, 0.2) is 0 Å². The van der Waals surface area contributed by atoms with Crippen LogP contribution in [-0.4, -0.2) is 28.1 Å². The van der Waals surface area contributed by atoms with Gasteiger partial charge < -0.3 is 5.11 Å². The summed E-state index contributed by atoms with van der Waals surface area (Å²) in [4.78, 5) is 6.77. The molecule has 1 N–H and O–H groups in total. The van der Waals surface area contributed by atoms with Gasteiger partial charge in [0, 0.05) is 24.2 Å². The highest BCUT2D eigenvalue weighted by atomic mass is 32.1. The van der Waals surface area contributed by atoms with Gasteiger partial charge in [0.05, 0.1) is 6.54 Å². The number of hydrogen-bond donors (Lipinski definition) is 1. The molecule has 0 radical (unpaired) electrons. The molecule has 1 saturated heterocycles. The van der Waals surface area contributed by atoms with Gasteiger partial charge >= 0.3 is 0 Å². The first-order valence-electron chi connectivity index (χ1n) is 6.57. The maximum atomic E-state index is 10.8. The number of β-amino-alcohol motifs (C(OH)–C–C–N with tert-alkyl or cyclic N) is 1. The van der Waals surface area contributed by atoms with E-state index in [0.717, 1.165) is 35.8 Å². The standard InChI is InChI=1S/C15H18N2OS/c1-12-10-19-14(16-12)9-17-8-7-15(18,11-17)13-5-3-2-4-6-13/h2-6,10,18H,7-9,11H2,1H3. The van der Waals surface area contributed by atoms with Gasteiger partial charge in [-0.25, -0.2) is 4.98 Å². The van der Waals surface area contributed by atoms with Gasteiger partial charge in [-0.15, -0.1) is 11.3 Å². The maximum absolute atomic E-state index is 10.8. The summed E-state index contributed by atoms with van der Waals surface area (Å²) in [7, 11) is 0. The van der Waals surface area contributed by atoms with Gasteiger partial charge in [0.25, 0.3) is 0 Å². The molecule has 0 aliphatic carbocycles. The number of thiazole rings is 1. The highest BCUT2D eigenvalue weighted by Gasteiger charge is 2.37. The molecule has 1 aromatic carbocycles. The number of aliphatic hydroxyl groups is 1. The van der Waals surface area contributed by atoms with Crippen molar-refractivity contribution in [2.24, 2.45) is 0 Å². The Balaban J connectivity index is 1.70. The minimum atomic E-state index is -0.701. The molecule has 1 fully saturated rings. The van der Waals surface area contributed by atoms with Crippen LogP contribution >= 0.6 is 11.3 Å². The second kappa shape index (κ2) is 5.04. The summed E-state index contributed by atoms with van der Waals surface area (Å²) in [6.45, 7) is 4.47. The quantitative estimate of drug-likeness (QED) is 0.934. The van der Waals surface area contributed by atoms with Crippen molar-refractivity contribution in [3.05, 3.63) is 52.0 Å². The second-order valence-corrected chi connectivity index (χ2v) is 6.18. The average molecular weight is 274 g/mol. The smallest absolute Gasteiger partial charge is 0.107 e. The highest BCUT2D eigenvalue weighted by Crippen LogP contribution is 2.32. The van der Waals surface area contributed by atoms with Gasteiger partial charge in [-0.1, -0.05) is 30.3 Å². The Hall–Kier alpha value is -1.23. The van der Waals surface area contributed by atoms with Crippen molar-refractivity contribution in [1.29, 1.82) is 0 Å². The predicted molar refractivity (Wildman–Crippen MR) is 77.1 cm³/mol. The van der Waals surface area contributed by atoms with Crippen molar-refractivity contribution in [1.82, 2.24) is 9.88 Å². The normalized spacial score (nSPS) is 23.9. The average Bonchev–Trinajstić information content (AvgIpc) is 2.99. The zero-order chi connectivity index (χ0) is 13.3. The Morgan fingerprint density at radius 2 is 2.16 bits per heavy atom. The predicted octanol–water partition coefficient (Wildman–Crippen LogP) is 2.55. The summed E-state index contributed by atoms with van der Waals surface area (Å²) in [5, 5.41) is 14.0. The molecular formula is C15H18N2OS. The maximum Gasteiger partial charge on any atom is 0.107 e. The molecular weight excluding hydrogens is 256 g/mol. The SMILES string of the molecule is Cc1csc(CN2CCC(O)(c3ccccc3)C2)n1. The van der Waals surface area contributed by atoms with E-state index in [1.807, 2.05) is 37.3 Å².